The first-order valence-electron chi connectivity index (χ1n) is 10.9. The summed E-state index contributed by atoms with van der Waals surface area (Å²) >= 11 is 0. The van der Waals surface area contributed by atoms with E-state index in [-0.39, 0.29) is 5.91 Å². The lowest BCUT2D eigenvalue weighted by atomic mass is 10.1. The summed E-state index contributed by atoms with van der Waals surface area (Å²) < 4.78 is 15.9. The molecule has 0 atom stereocenters. The van der Waals surface area contributed by atoms with Crippen LogP contribution in [0.2, 0.25) is 0 Å². The van der Waals surface area contributed by atoms with E-state index in [0.717, 1.165) is 34.9 Å². The highest BCUT2D eigenvalue weighted by Gasteiger charge is 2.14. The van der Waals surface area contributed by atoms with E-state index >= 15 is 0 Å². The topological polar surface area (TPSA) is 114 Å². The molecule has 2 heterocycles. The van der Waals surface area contributed by atoms with Gasteiger partial charge >= 0.3 is 0 Å². The summed E-state index contributed by atoms with van der Waals surface area (Å²) in [5.74, 6) is 2.39. The Hall–Kier alpha value is -4.27. The van der Waals surface area contributed by atoms with Gasteiger partial charge in [0.05, 0.1) is 32.0 Å². The lowest BCUT2D eigenvalue weighted by Crippen LogP contribution is -2.15. The number of aromatic nitrogens is 3. The number of carbonyl (C=O) groups excluding carboxylic acids is 1. The molecule has 0 spiro atoms. The van der Waals surface area contributed by atoms with E-state index < -0.39 is 0 Å². The van der Waals surface area contributed by atoms with Crippen molar-refractivity contribution in [2.75, 3.05) is 24.9 Å². The van der Waals surface area contributed by atoms with Gasteiger partial charge in [-0.25, -0.2) is 0 Å². The number of carbonyl (C=O) groups is 1. The summed E-state index contributed by atoms with van der Waals surface area (Å²) in [6.07, 6.45) is 1.48. The summed E-state index contributed by atoms with van der Waals surface area (Å²) in [6.45, 7) is 2.28. The van der Waals surface area contributed by atoms with Crippen molar-refractivity contribution in [3.63, 3.8) is 0 Å². The van der Waals surface area contributed by atoms with Crippen molar-refractivity contribution < 1.29 is 18.8 Å². The van der Waals surface area contributed by atoms with Crippen molar-refractivity contribution in [1.82, 2.24) is 15.4 Å². The second-order valence-corrected chi connectivity index (χ2v) is 7.79. The monoisotopic (exact) mass is 461 g/mol. The van der Waals surface area contributed by atoms with Gasteiger partial charge in [-0.3, -0.25) is 9.89 Å². The number of hydrogen-bond donors (Lipinski definition) is 3. The van der Waals surface area contributed by atoms with E-state index in [1.165, 1.54) is 0 Å². The first-order chi connectivity index (χ1) is 16.5. The van der Waals surface area contributed by atoms with E-state index in [4.69, 9.17) is 14.0 Å². The zero-order valence-corrected chi connectivity index (χ0v) is 19.3. The molecule has 0 aliphatic carbocycles. The van der Waals surface area contributed by atoms with E-state index in [1.807, 2.05) is 55.5 Å². The molecule has 3 N–H and O–H groups in total. The van der Waals surface area contributed by atoms with Crippen LogP contribution in [-0.2, 0) is 19.4 Å². The van der Waals surface area contributed by atoms with Gasteiger partial charge in [0.25, 0.3) is 5.91 Å². The van der Waals surface area contributed by atoms with Crippen LogP contribution < -0.4 is 20.1 Å². The minimum absolute atomic E-state index is 0.257. The zero-order chi connectivity index (χ0) is 23.9. The zero-order valence-electron chi connectivity index (χ0n) is 19.3. The predicted molar refractivity (Wildman–Crippen MR) is 129 cm³/mol. The molecule has 0 saturated carbocycles. The van der Waals surface area contributed by atoms with Crippen LogP contribution in [0, 0.1) is 6.92 Å². The van der Waals surface area contributed by atoms with Crippen LogP contribution in [0.4, 0.5) is 11.5 Å². The number of hydrogen-bond acceptors (Lipinski definition) is 7. The van der Waals surface area contributed by atoms with Gasteiger partial charge in [0.15, 0.2) is 11.6 Å². The highest BCUT2D eigenvalue weighted by molar-refractivity contribution is 6.07. The minimum atomic E-state index is -0.257. The fourth-order valence-electron chi connectivity index (χ4n) is 3.54. The first kappa shape index (κ1) is 22.9. The second-order valence-electron chi connectivity index (χ2n) is 7.79. The normalized spacial score (nSPS) is 10.7. The SMILES string of the molecule is COc1cc(CCc2cc(NC(=O)c3ccccc3NCc3cc(C)no3)n[nH]2)cc(OC)c1. The third-order valence-electron chi connectivity index (χ3n) is 5.27. The molecule has 0 unspecified atom stereocenters. The third-order valence-corrected chi connectivity index (χ3v) is 5.27. The summed E-state index contributed by atoms with van der Waals surface area (Å²) in [6, 6.07) is 16.8. The number of aromatic amines is 1. The maximum Gasteiger partial charge on any atom is 0.258 e. The standard InChI is InChI=1S/C25H27N5O4/c1-16-10-21(34-30-16)15-26-23-7-5-4-6-22(23)25(31)27-24-13-18(28-29-24)9-8-17-11-19(32-2)14-20(12-17)33-3/h4-7,10-14,26H,8-9,15H2,1-3H3,(H2,27,28,29,31). The molecule has 0 aliphatic heterocycles. The van der Waals surface area contributed by atoms with Crippen LogP contribution in [0.25, 0.3) is 0 Å². The van der Waals surface area contributed by atoms with Gasteiger partial charge in [0.1, 0.15) is 11.5 Å². The molecule has 9 nitrogen and oxygen atoms in total. The highest BCUT2D eigenvalue weighted by atomic mass is 16.5. The van der Waals surface area contributed by atoms with E-state index in [1.54, 1.807) is 20.3 Å². The summed E-state index contributed by atoms with van der Waals surface area (Å²) in [5.41, 5.74) is 3.99. The molecule has 176 valence electrons. The maximum atomic E-state index is 12.9. The van der Waals surface area contributed by atoms with Crippen LogP contribution in [0.15, 0.2) is 59.1 Å². The number of para-hydroxylation sites is 1. The minimum Gasteiger partial charge on any atom is -0.497 e. The number of nitrogens with zero attached hydrogens (tertiary/aromatic N) is 2. The van der Waals surface area contributed by atoms with Crippen LogP contribution in [0.5, 0.6) is 11.5 Å². The molecular formula is C25H27N5O4. The van der Waals surface area contributed by atoms with Crippen LogP contribution >= 0.6 is 0 Å². The summed E-state index contributed by atoms with van der Waals surface area (Å²) in [4.78, 5) is 12.9. The molecule has 4 aromatic rings. The van der Waals surface area contributed by atoms with E-state index in [0.29, 0.717) is 35.8 Å². The number of amides is 1. The maximum absolute atomic E-state index is 12.9. The van der Waals surface area contributed by atoms with Crippen LogP contribution in [0.3, 0.4) is 0 Å². The highest BCUT2D eigenvalue weighted by Crippen LogP contribution is 2.24. The largest absolute Gasteiger partial charge is 0.497 e. The van der Waals surface area contributed by atoms with Crippen LogP contribution in [-0.4, -0.2) is 35.5 Å². The number of methoxy groups -OCH3 is 2. The molecule has 0 fully saturated rings. The molecule has 2 aromatic heterocycles. The molecule has 0 bridgehead atoms. The van der Waals surface area contributed by atoms with Gasteiger partial charge < -0.3 is 24.6 Å². The molecular weight excluding hydrogens is 434 g/mol. The van der Waals surface area contributed by atoms with Gasteiger partial charge in [-0.2, -0.15) is 5.10 Å². The Morgan fingerprint density at radius 2 is 1.79 bits per heavy atom. The van der Waals surface area contributed by atoms with Crippen molar-refractivity contribution in [3.05, 3.63) is 82.9 Å². The molecule has 34 heavy (non-hydrogen) atoms. The van der Waals surface area contributed by atoms with Crippen molar-refractivity contribution in [2.24, 2.45) is 0 Å². The number of ether oxygens (including phenoxy) is 2. The third kappa shape index (κ3) is 5.74. The number of aryl methyl sites for hydroxylation is 3. The van der Waals surface area contributed by atoms with Gasteiger partial charge in [-0.1, -0.05) is 17.3 Å². The Balaban J connectivity index is 1.37. The molecule has 0 radical (unpaired) electrons. The molecule has 0 saturated heterocycles. The number of benzene rings is 2. The smallest absolute Gasteiger partial charge is 0.258 e. The predicted octanol–water partition coefficient (Wildman–Crippen LogP) is 4.37. The Labute approximate surface area is 197 Å². The molecule has 9 heteroatoms. The van der Waals surface area contributed by atoms with Gasteiger partial charge in [0, 0.05) is 29.6 Å². The van der Waals surface area contributed by atoms with Crippen molar-refractivity contribution in [2.45, 2.75) is 26.3 Å². The number of H-pyrrole nitrogens is 1. The quantitative estimate of drug-likeness (QED) is 0.321. The van der Waals surface area contributed by atoms with Crippen LogP contribution in [0.1, 0.15) is 33.1 Å². The number of rotatable bonds is 10. The van der Waals surface area contributed by atoms with E-state index in [9.17, 15) is 4.79 Å². The van der Waals surface area contributed by atoms with Crippen molar-refractivity contribution >= 4 is 17.4 Å². The lowest BCUT2D eigenvalue weighted by Gasteiger charge is -2.10. The Morgan fingerprint density at radius 1 is 1.03 bits per heavy atom. The Bertz CT molecular complexity index is 1240. The van der Waals surface area contributed by atoms with Gasteiger partial charge in [0.2, 0.25) is 0 Å². The average molecular weight is 462 g/mol. The number of nitrogens with one attached hydrogen (secondary N) is 3. The van der Waals surface area contributed by atoms with Crippen molar-refractivity contribution in [3.8, 4) is 11.5 Å². The summed E-state index contributed by atoms with van der Waals surface area (Å²) in [5, 5.41) is 17.2. The Kier molecular flexibility index (Phi) is 7.12. The molecule has 1 amide bonds. The van der Waals surface area contributed by atoms with Crippen molar-refractivity contribution in [1.29, 1.82) is 0 Å². The summed E-state index contributed by atoms with van der Waals surface area (Å²) in [7, 11) is 3.26. The van der Waals surface area contributed by atoms with Gasteiger partial charge in [-0.15, -0.1) is 0 Å². The molecule has 2 aromatic carbocycles. The fraction of sp³-hybridized carbons (Fsp3) is 0.240. The lowest BCUT2D eigenvalue weighted by molar-refractivity contribution is 0.102. The number of anilines is 2. The fourth-order valence-corrected chi connectivity index (χ4v) is 3.54. The molecule has 4 rings (SSSR count). The average Bonchev–Trinajstić information content (AvgIpc) is 3.49. The first-order valence-corrected chi connectivity index (χ1v) is 10.9. The second kappa shape index (κ2) is 10.6. The Morgan fingerprint density at radius 3 is 2.50 bits per heavy atom. The molecule has 0 aliphatic rings. The van der Waals surface area contributed by atoms with Gasteiger partial charge in [-0.05, 0) is 49.6 Å². The van der Waals surface area contributed by atoms with E-state index in [2.05, 4.69) is 26.0 Å².